The van der Waals surface area contributed by atoms with Gasteiger partial charge >= 0.3 is 0 Å². The maximum atomic E-state index is 11.8. The van der Waals surface area contributed by atoms with E-state index >= 15 is 0 Å². The van der Waals surface area contributed by atoms with E-state index in [4.69, 9.17) is 0 Å². The predicted octanol–water partition coefficient (Wildman–Crippen LogP) is 2.58. The van der Waals surface area contributed by atoms with E-state index in [9.17, 15) is 4.79 Å². The second kappa shape index (κ2) is 5.98. The molecule has 0 aromatic carbocycles. The number of likely N-dealkylation sites (tertiary alicyclic amines) is 1. The molecule has 1 aromatic rings. The third kappa shape index (κ3) is 3.79. The minimum absolute atomic E-state index is 0.0499. The first kappa shape index (κ1) is 13.1. The Hall–Kier alpha value is -0.390. The monoisotopic (exact) mass is 316 g/mol. The molecule has 1 N–H and O–H groups in total. The lowest BCUT2D eigenvalue weighted by atomic mass is 9.98. The van der Waals surface area contributed by atoms with Gasteiger partial charge in [-0.25, -0.2) is 0 Å². The molecule has 0 saturated carbocycles. The minimum atomic E-state index is 0.0499. The molecule has 0 radical (unpaired) electrons. The molecule has 1 aromatic heterocycles. The predicted molar refractivity (Wildman–Crippen MR) is 74.6 cm³/mol. The molecule has 94 valence electrons. The first-order valence-corrected chi connectivity index (χ1v) is 7.48. The van der Waals surface area contributed by atoms with Crippen molar-refractivity contribution in [3.05, 3.63) is 20.8 Å². The lowest BCUT2D eigenvalue weighted by Crippen LogP contribution is -2.38. The van der Waals surface area contributed by atoms with Gasteiger partial charge in [-0.05, 0) is 60.4 Å². The maximum absolute atomic E-state index is 11.8. The van der Waals surface area contributed by atoms with E-state index < -0.39 is 0 Å². The van der Waals surface area contributed by atoms with Gasteiger partial charge in [0.1, 0.15) is 0 Å². The second-order valence-electron chi connectivity index (χ2n) is 4.58. The molecule has 0 spiro atoms. The van der Waals surface area contributed by atoms with Crippen LogP contribution in [0.3, 0.4) is 0 Å². The van der Waals surface area contributed by atoms with Gasteiger partial charge in [-0.3, -0.25) is 4.79 Å². The lowest BCUT2D eigenvalue weighted by molar-refractivity contribution is 0.0941. The first-order valence-electron chi connectivity index (χ1n) is 5.87. The number of piperidine rings is 1. The molecular formula is C12H17BrN2OS. The Balaban J connectivity index is 1.80. The molecule has 1 aliphatic rings. The van der Waals surface area contributed by atoms with Crippen LogP contribution in [0, 0.1) is 5.92 Å². The van der Waals surface area contributed by atoms with Gasteiger partial charge in [-0.2, -0.15) is 0 Å². The van der Waals surface area contributed by atoms with E-state index in [1.807, 2.05) is 12.1 Å². The van der Waals surface area contributed by atoms with Crippen molar-refractivity contribution in [3.63, 3.8) is 0 Å². The number of carbonyl (C=O) groups excluding carboxylic acids is 1. The standard InChI is InChI=1S/C12H17BrN2OS/c1-15-6-2-3-9(8-15)7-14-12(16)10-4-5-11(13)17-10/h4-5,9H,2-3,6-8H2,1H3,(H,14,16). The smallest absolute Gasteiger partial charge is 0.261 e. The fourth-order valence-electron chi connectivity index (χ4n) is 2.20. The van der Waals surface area contributed by atoms with Crippen molar-refractivity contribution >= 4 is 33.2 Å². The van der Waals surface area contributed by atoms with Crippen molar-refractivity contribution in [2.45, 2.75) is 12.8 Å². The van der Waals surface area contributed by atoms with E-state index in [0.717, 1.165) is 21.8 Å². The first-order chi connectivity index (χ1) is 8.15. The summed E-state index contributed by atoms with van der Waals surface area (Å²) in [6.07, 6.45) is 2.46. The molecule has 3 nitrogen and oxygen atoms in total. The highest BCUT2D eigenvalue weighted by molar-refractivity contribution is 9.11. The molecule has 0 aliphatic carbocycles. The van der Waals surface area contributed by atoms with Gasteiger partial charge in [0.15, 0.2) is 0 Å². The molecular weight excluding hydrogens is 300 g/mol. The zero-order valence-corrected chi connectivity index (χ0v) is 12.3. The Kier molecular flexibility index (Phi) is 4.59. The van der Waals surface area contributed by atoms with Crippen molar-refractivity contribution in [2.24, 2.45) is 5.92 Å². The summed E-state index contributed by atoms with van der Waals surface area (Å²) < 4.78 is 1.00. The van der Waals surface area contributed by atoms with Gasteiger partial charge in [0.05, 0.1) is 8.66 Å². The molecule has 2 rings (SSSR count). The topological polar surface area (TPSA) is 32.3 Å². The van der Waals surface area contributed by atoms with E-state index in [0.29, 0.717) is 5.92 Å². The van der Waals surface area contributed by atoms with Gasteiger partial charge in [0.25, 0.3) is 5.91 Å². The summed E-state index contributed by atoms with van der Waals surface area (Å²) in [5.41, 5.74) is 0. The average molecular weight is 317 g/mol. The summed E-state index contributed by atoms with van der Waals surface area (Å²) in [5.74, 6) is 0.648. The highest BCUT2D eigenvalue weighted by Gasteiger charge is 2.18. The molecule has 2 heterocycles. The number of hydrogen-bond donors (Lipinski definition) is 1. The van der Waals surface area contributed by atoms with Crippen molar-refractivity contribution in [3.8, 4) is 0 Å². The SMILES string of the molecule is CN1CCCC(CNC(=O)c2ccc(Br)s2)C1. The van der Waals surface area contributed by atoms with Crippen LogP contribution in [0.15, 0.2) is 15.9 Å². The van der Waals surface area contributed by atoms with Gasteiger partial charge in [-0.15, -0.1) is 11.3 Å². The number of nitrogens with one attached hydrogen (secondary N) is 1. The average Bonchev–Trinajstić information content (AvgIpc) is 2.73. The van der Waals surface area contributed by atoms with E-state index in [-0.39, 0.29) is 5.91 Å². The fraction of sp³-hybridized carbons (Fsp3) is 0.583. The van der Waals surface area contributed by atoms with E-state index in [2.05, 4.69) is 33.2 Å². The van der Waals surface area contributed by atoms with Crippen LogP contribution in [-0.2, 0) is 0 Å². The number of nitrogens with zero attached hydrogens (tertiary/aromatic N) is 1. The lowest BCUT2D eigenvalue weighted by Gasteiger charge is -2.29. The van der Waals surface area contributed by atoms with Crippen LogP contribution in [0.4, 0.5) is 0 Å². The molecule has 1 amide bonds. The third-order valence-electron chi connectivity index (χ3n) is 3.07. The highest BCUT2D eigenvalue weighted by atomic mass is 79.9. The van der Waals surface area contributed by atoms with Crippen LogP contribution in [0.2, 0.25) is 0 Å². The Morgan fingerprint density at radius 2 is 2.47 bits per heavy atom. The Labute approximate surface area is 114 Å². The molecule has 1 aliphatic heterocycles. The summed E-state index contributed by atoms with van der Waals surface area (Å²) >= 11 is 4.85. The number of amides is 1. The zero-order valence-electron chi connectivity index (χ0n) is 9.91. The summed E-state index contributed by atoms with van der Waals surface area (Å²) in [7, 11) is 2.14. The van der Waals surface area contributed by atoms with Crippen LogP contribution >= 0.6 is 27.3 Å². The number of rotatable bonds is 3. The number of hydrogen-bond acceptors (Lipinski definition) is 3. The Morgan fingerprint density at radius 1 is 1.65 bits per heavy atom. The van der Waals surface area contributed by atoms with Crippen molar-refractivity contribution in [1.29, 1.82) is 0 Å². The van der Waals surface area contributed by atoms with Gasteiger partial charge < -0.3 is 10.2 Å². The summed E-state index contributed by atoms with van der Waals surface area (Å²) in [5, 5.41) is 3.03. The highest BCUT2D eigenvalue weighted by Crippen LogP contribution is 2.22. The number of halogens is 1. The van der Waals surface area contributed by atoms with Crippen LogP contribution in [0.1, 0.15) is 22.5 Å². The summed E-state index contributed by atoms with van der Waals surface area (Å²) in [6, 6.07) is 3.77. The van der Waals surface area contributed by atoms with Crippen LogP contribution in [-0.4, -0.2) is 37.5 Å². The third-order valence-corrected chi connectivity index (χ3v) is 4.69. The molecule has 17 heavy (non-hydrogen) atoms. The summed E-state index contributed by atoms with van der Waals surface area (Å²) in [6.45, 7) is 3.06. The maximum Gasteiger partial charge on any atom is 0.261 e. The van der Waals surface area contributed by atoms with Gasteiger partial charge in [0, 0.05) is 13.1 Å². The normalized spacial score (nSPS) is 21.4. The molecule has 0 bridgehead atoms. The van der Waals surface area contributed by atoms with Crippen LogP contribution < -0.4 is 5.32 Å². The largest absolute Gasteiger partial charge is 0.351 e. The number of carbonyl (C=O) groups is 1. The van der Waals surface area contributed by atoms with Crippen molar-refractivity contribution in [2.75, 3.05) is 26.7 Å². The molecule has 1 unspecified atom stereocenters. The van der Waals surface area contributed by atoms with Crippen molar-refractivity contribution < 1.29 is 4.79 Å². The van der Waals surface area contributed by atoms with Gasteiger partial charge in [-0.1, -0.05) is 0 Å². The Bertz CT molecular complexity index is 394. The van der Waals surface area contributed by atoms with Crippen LogP contribution in [0.5, 0.6) is 0 Å². The molecule has 1 atom stereocenters. The second-order valence-corrected chi connectivity index (χ2v) is 7.05. The van der Waals surface area contributed by atoms with Crippen molar-refractivity contribution in [1.82, 2.24) is 10.2 Å². The molecule has 5 heteroatoms. The summed E-state index contributed by atoms with van der Waals surface area (Å²) in [4.78, 5) is 15.0. The Morgan fingerprint density at radius 3 is 3.12 bits per heavy atom. The fourth-order valence-corrected chi connectivity index (χ4v) is 3.50. The number of thiophene rings is 1. The van der Waals surface area contributed by atoms with E-state index in [1.165, 1.54) is 30.7 Å². The zero-order chi connectivity index (χ0) is 12.3. The van der Waals surface area contributed by atoms with Crippen LogP contribution in [0.25, 0.3) is 0 Å². The minimum Gasteiger partial charge on any atom is -0.351 e. The van der Waals surface area contributed by atoms with Gasteiger partial charge in [0.2, 0.25) is 0 Å². The van der Waals surface area contributed by atoms with E-state index in [1.54, 1.807) is 0 Å². The molecule has 1 fully saturated rings. The molecule has 1 saturated heterocycles. The quantitative estimate of drug-likeness (QED) is 0.929.